The molecule has 0 saturated carbocycles. The summed E-state index contributed by atoms with van der Waals surface area (Å²) in [6.07, 6.45) is 5.04. The third-order valence-electron chi connectivity index (χ3n) is 4.63. The van der Waals surface area contributed by atoms with Crippen LogP contribution in [0.4, 0.5) is 10.3 Å². The topological polar surface area (TPSA) is 71.3 Å². The molecule has 4 rings (SSSR count). The fourth-order valence-corrected chi connectivity index (χ4v) is 3.20. The molecule has 1 fully saturated rings. The van der Waals surface area contributed by atoms with Gasteiger partial charge in [0, 0.05) is 31.5 Å². The highest BCUT2D eigenvalue weighted by Gasteiger charge is 2.23. The van der Waals surface area contributed by atoms with Gasteiger partial charge >= 0.3 is 0 Å². The lowest BCUT2D eigenvalue weighted by atomic mass is 10.1. The Kier molecular flexibility index (Phi) is 4.82. The van der Waals surface area contributed by atoms with Crippen LogP contribution in [-0.4, -0.2) is 35.0 Å². The lowest BCUT2D eigenvalue weighted by molar-refractivity contribution is 0.0903. The molecule has 2 aromatic heterocycles. The molecule has 1 aliphatic heterocycles. The number of nitrogens with one attached hydrogen (secondary N) is 1. The number of anilines is 1. The number of benzene rings is 1. The summed E-state index contributed by atoms with van der Waals surface area (Å²) < 4.78 is 19.4. The zero-order chi connectivity index (χ0) is 18.6. The first-order chi connectivity index (χ1) is 13.2. The van der Waals surface area contributed by atoms with E-state index in [1.54, 1.807) is 48.8 Å². The van der Waals surface area contributed by atoms with Crippen molar-refractivity contribution < 1.29 is 13.6 Å². The number of nitrogens with zero attached hydrogens (tertiary/aromatic N) is 3. The summed E-state index contributed by atoms with van der Waals surface area (Å²) in [5, 5.41) is 2.99. The second kappa shape index (κ2) is 7.57. The lowest BCUT2D eigenvalue weighted by Crippen LogP contribution is -2.45. The predicted octanol–water partition coefficient (Wildman–Crippen LogP) is 3.27. The molecule has 1 saturated heterocycles. The predicted molar refractivity (Wildman–Crippen MR) is 98.8 cm³/mol. The van der Waals surface area contributed by atoms with Gasteiger partial charge in [-0.25, -0.2) is 14.4 Å². The Hall–Kier alpha value is -3.22. The Morgan fingerprint density at radius 1 is 1.07 bits per heavy atom. The number of aromatic nitrogens is 2. The fourth-order valence-electron chi connectivity index (χ4n) is 3.20. The van der Waals surface area contributed by atoms with Crippen LogP contribution >= 0.6 is 0 Å². The normalized spacial score (nSPS) is 14.9. The molecule has 27 heavy (non-hydrogen) atoms. The SMILES string of the molecule is O=C(NC1CCN(c2ncccn2)CC1)c1ccc(-c2ccccc2F)o1. The number of rotatable bonds is 4. The summed E-state index contributed by atoms with van der Waals surface area (Å²) in [5.74, 6) is 0.570. The molecule has 1 aromatic carbocycles. The minimum atomic E-state index is -0.380. The van der Waals surface area contributed by atoms with Crippen molar-refractivity contribution in [2.45, 2.75) is 18.9 Å². The molecule has 0 atom stereocenters. The molecule has 1 N–H and O–H groups in total. The Balaban J connectivity index is 1.36. The van der Waals surface area contributed by atoms with Crippen LogP contribution in [0.1, 0.15) is 23.4 Å². The van der Waals surface area contributed by atoms with Gasteiger partial charge in [-0.15, -0.1) is 0 Å². The van der Waals surface area contributed by atoms with E-state index in [0.717, 1.165) is 25.9 Å². The Morgan fingerprint density at radius 2 is 1.81 bits per heavy atom. The van der Waals surface area contributed by atoms with Crippen LogP contribution < -0.4 is 10.2 Å². The van der Waals surface area contributed by atoms with Gasteiger partial charge in [0.25, 0.3) is 5.91 Å². The number of carbonyl (C=O) groups excluding carboxylic acids is 1. The largest absolute Gasteiger partial charge is 0.451 e. The van der Waals surface area contributed by atoms with Crippen LogP contribution in [0.15, 0.2) is 59.3 Å². The van der Waals surface area contributed by atoms with Crippen molar-refractivity contribution in [1.29, 1.82) is 0 Å². The third kappa shape index (κ3) is 3.81. The summed E-state index contributed by atoms with van der Waals surface area (Å²) in [5.41, 5.74) is 0.340. The van der Waals surface area contributed by atoms with Gasteiger partial charge < -0.3 is 14.6 Å². The molecule has 1 amide bonds. The van der Waals surface area contributed by atoms with Gasteiger partial charge in [-0.05, 0) is 43.2 Å². The minimum Gasteiger partial charge on any atom is -0.451 e. The van der Waals surface area contributed by atoms with Gasteiger partial charge in [0.2, 0.25) is 5.95 Å². The molecule has 0 bridgehead atoms. The summed E-state index contributed by atoms with van der Waals surface area (Å²) >= 11 is 0. The first-order valence-corrected chi connectivity index (χ1v) is 8.88. The van der Waals surface area contributed by atoms with E-state index in [2.05, 4.69) is 20.2 Å². The molecule has 0 aliphatic carbocycles. The summed E-state index contributed by atoms with van der Waals surface area (Å²) in [6, 6.07) is 11.4. The number of hydrogen-bond acceptors (Lipinski definition) is 5. The second-order valence-electron chi connectivity index (χ2n) is 6.43. The highest BCUT2D eigenvalue weighted by atomic mass is 19.1. The number of carbonyl (C=O) groups is 1. The lowest BCUT2D eigenvalue weighted by Gasteiger charge is -2.32. The first-order valence-electron chi connectivity index (χ1n) is 8.88. The van der Waals surface area contributed by atoms with E-state index in [1.807, 2.05) is 0 Å². The van der Waals surface area contributed by atoms with Crippen LogP contribution in [0.3, 0.4) is 0 Å². The Bertz CT molecular complexity index is 920. The zero-order valence-corrected chi connectivity index (χ0v) is 14.6. The molecule has 0 spiro atoms. The van der Waals surface area contributed by atoms with Crippen LogP contribution in [0, 0.1) is 5.82 Å². The second-order valence-corrected chi connectivity index (χ2v) is 6.43. The Labute approximate surface area is 156 Å². The van der Waals surface area contributed by atoms with Crippen LogP contribution in [0.5, 0.6) is 0 Å². The standard InChI is InChI=1S/C20H19FN4O2/c21-16-5-2-1-4-15(16)17-6-7-18(27-17)19(26)24-14-8-12-25(13-9-14)20-22-10-3-11-23-20/h1-7,10-11,14H,8-9,12-13H2,(H,24,26). The van der Waals surface area contributed by atoms with Gasteiger partial charge in [0.15, 0.2) is 5.76 Å². The average Bonchev–Trinajstić information content (AvgIpc) is 3.20. The minimum absolute atomic E-state index is 0.0551. The van der Waals surface area contributed by atoms with Crippen molar-refractivity contribution in [2.75, 3.05) is 18.0 Å². The maximum Gasteiger partial charge on any atom is 0.287 e. The molecule has 7 heteroatoms. The van der Waals surface area contributed by atoms with Crippen LogP contribution in [0.25, 0.3) is 11.3 Å². The number of piperidine rings is 1. The van der Waals surface area contributed by atoms with Crippen molar-refractivity contribution in [3.63, 3.8) is 0 Å². The van der Waals surface area contributed by atoms with Gasteiger partial charge in [0.1, 0.15) is 11.6 Å². The van der Waals surface area contributed by atoms with E-state index in [4.69, 9.17) is 4.42 Å². The van der Waals surface area contributed by atoms with Crippen molar-refractivity contribution in [3.05, 3.63) is 66.4 Å². The van der Waals surface area contributed by atoms with Gasteiger partial charge in [0.05, 0.1) is 5.56 Å². The number of hydrogen-bond donors (Lipinski definition) is 1. The zero-order valence-electron chi connectivity index (χ0n) is 14.6. The maximum atomic E-state index is 13.9. The Morgan fingerprint density at radius 3 is 2.56 bits per heavy atom. The molecule has 3 heterocycles. The third-order valence-corrected chi connectivity index (χ3v) is 4.63. The fraction of sp³-hybridized carbons (Fsp3) is 0.250. The molecule has 1 aliphatic rings. The molecule has 0 unspecified atom stereocenters. The average molecular weight is 366 g/mol. The number of halogens is 1. The quantitative estimate of drug-likeness (QED) is 0.767. The van der Waals surface area contributed by atoms with E-state index in [1.165, 1.54) is 6.07 Å². The number of furan rings is 1. The molecule has 138 valence electrons. The van der Waals surface area contributed by atoms with E-state index in [0.29, 0.717) is 17.3 Å². The van der Waals surface area contributed by atoms with E-state index in [-0.39, 0.29) is 23.5 Å². The first kappa shape index (κ1) is 17.2. The van der Waals surface area contributed by atoms with E-state index >= 15 is 0 Å². The highest BCUT2D eigenvalue weighted by Crippen LogP contribution is 2.25. The van der Waals surface area contributed by atoms with Crippen LogP contribution in [0.2, 0.25) is 0 Å². The monoisotopic (exact) mass is 366 g/mol. The van der Waals surface area contributed by atoms with Gasteiger partial charge in [-0.1, -0.05) is 12.1 Å². The summed E-state index contributed by atoms with van der Waals surface area (Å²) in [6.45, 7) is 1.54. The van der Waals surface area contributed by atoms with Crippen LogP contribution in [-0.2, 0) is 0 Å². The molecular formula is C20H19FN4O2. The number of amides is 1. The molecule has 6 nitrogen and oxygen atoms in total. The highest BCUT2D eigenvalue weighted by molar-refractivity contribution is 5.92. The van der Waals surface area contributed by atoms with Crippen molar-refractivity contribution in [1.82, 2.24) is 15.3 Å². The molecule has 0 radical (unpaired) electrons. The molecular weight excluding hydrogens is 347 g/mol. The van der Waals surface area contributed by atoms with Gasteiger partial charge in [-0.3, -0.25) is 4.79 Å². The summed E-state index contributed by atoms with van der Waals surface area (Å²) in [7, 11) is 0. The van der Waals surface area contributed by atoms with E-state index < -0.39 is 0 Å². The summed E-state index contributed by atoms with van der Waals surface area (Å²) in [4.78, 5) is 23.1. The van der Waals surface area contributed by atoms with Crippen molar-refractivity contribution >= 4 is 11.9 Å². The van der Waals surface area contributed by atoms with E-state index in [9.17, 15) is 9.18 Å². The maximum absolute atomic E-state index is 13.9. The van der Waals surface area contributed by atoms with Gasteiger partial charge in [-0.2, -0.15) is 0 Å². The smallest absolute Gasteiger partial charge is 0.287 e. The van der Waals surface area contributed by atoms with Crippen molar-refractivity contribution in [2.24, 2.45) is 0 Å². The molecule has 3 aromatic rings. The van der Waals surface area contributed by atoms with Crippen molar-refractivity contribution in [3.8, 4) is 11.3 Å².